The van der Waals surface area contributed by atoms with Crippen LogP contribution in [0.1, 0.15) is 32.8 Å². The third-order valence-corrected chi connectivity index (χ3v) is 6.13. The van der Waals surface area contributed by atoms with Gasteiger partial charge in [-0.25, -0.2) is 0 Å². The minimum absolute atomic E-state index is 0.114. The second-order valence-electron chi connectivity index (χ2n) is 8.53. The van der Waals surface area contributed by atoms with Gasteiger partial charge in [-0.3, -0.25) is 9.80 Å². The van der Waals surface area contributed by atoms with E-state index in [-0.39, 0.29) is 5.41 Å². The topological polar surface area (TPSA) is 45.2 Å². The number of para-hydroxylation sites is 1. The van der Waals surface area contributed by atoms with Crippen LogP contribution in [0.4, 0.5) is 0 Å². The van der Waals surface area contributed by atoms with Crippen molar-refractivity contribution < 1.29 is 14.6 Å². The normalized spacial score (nSPS) is 27.4. The molecular formula is C21H34N2O3. The largest absolute Gasteiger partial charge is 0.492 e. The summed E-state index contributed by atoms with van der Waals surface area (Å²) in [4.78, 5) is 4.82. The molecule has 0 unspecified atom stereocenters. The Hall–Kier alpha value is -1.14. The number of hydrogen-bond donors (Lipinski definition) is 1. The van der Waals surface area contributed by atoms with Crippen molar-refractivity contribution in [2.75, 3.05) is 52.5 Å². The molecule has 1 atom stereocenters. The van der Waals surface area contributed by atoms with Gasteiger partial charge in [0.15, 0.2) is 0 Å². The van der Waals surface area contributed by atoms with E-state index in [1.807, 2.05) is 13.0 Å². The Morgan fingerprint density at radius 1 is 1.08 bits per heavy atom. The Kier molecular flexibility index (Phi) is 6.23. The standard InChI is InChI=1S/C21H34N2O3/c1-20(2)17-23(9-8-21(20,3)24)16-18-6-4-5-7-19(18)26-15-12-22-10-13-25-14-11-22/h4-7,24H,8-17H2,1-3H3/t21-/m0/s1. The van der Waals surface area contributed by atoms with Gasteiger partial charge in [0.25, 0.3) is 0 Å². The van der Waals surface area contributed by atoms with Crippen molar-refractivity contribution in [2.24, 2.45) is 5.41 Å². The molecule has 0 saturated carbocycles. The molecule has 2 aliphatic heterocycles. The second-order valence-corrected chi connectivity index (χ2v) is 8.53. The van der Waals surface area contributed by atoms with Gasteiger partial charge in [0.1, 0.15) is 12.4 Å². The fraction of sp³-hybridized carbons (Fsp3) is 0.714. The quantitative estimate of drug-likeness (QED) is 0.842. The van der Waals surface area contributed by atoms with E-state index in [9.17, 15) is 5.11 Å². The van der Waals surface area contributed by atoms with E-state index in [4.69, 9.17) is 9.47 Å². The number of nitrogens with zero attached hydrogens (tertiary/aromatic N) is 2. The van der Waals surface area contributed by atoms with E-state index < -0.39 is 5.60 Å². The molecule has 5 heteroatoms. The monoisotopic (exact) mass is 362 g/mol. The molecule has 146 valence electrons. The van der Waals surface area contributed by atoms with Gasteiger partial charge in [-0.2, -0.15) is 0 Å². The van der Waals surface area contributed by atoms with Crippen LogP contribution in [-0.4, -0.2) is 73.1 Å². The second kappa shape index (κ2) is 8.26. The molecule has 0 spiro atoms. The summed E-state index contributed by atoms with van der Waals surface area (Å²) in [5.74, 6) is 0.982. The van der Waals surface area contributed by atoms with E-state index in [1.165, 1.54) is 5.56 Å². The van der Waals surface area contributed by atoms with Gasteiger partial charge in [-0.15, -0.1) is 0 Å². The highest BCUT2D eigenvalue weighted by Gasteiger charge is 2.43. The number of likely N-dealkylation sites (tertiary alicyclic amines) is 1. The SMILES string of the molecule is CC1(C)CN(Cc2ccccc2OCCN2CCOCC2)CC[C@]1(C)O. The third-order valence-electron chi connectivity index (χ3n) is 6.13. The molecule has 26 heavy (non-hydrogen) atoms. The van der Waals surface area contributed by atoms with Gasteiger partial charge < -0.3 is 14.6 Å². The highest BCUT2D eigenvalue weighted by molar-refractivity contribution is 5.33. The number of piperidine rings is 1. The van der Waals surface area contributed by atoms with Crippen LogP contribution in [0.15, 0.2) is 24.3 Å². The highest BCUT2D eigenvalue weighted by Crippen LogP contribution is 2.38. The molecule has 0 aromatic heterocycles. The molecule has 0 radical (unpaired) electrons. The van der Waals surface area contributed by atoms with Crippen LogP contribution in [0.25, 0.3) is 0 Å². The van der Waals surface area contributed by atoms with Crippen molar-refractivity contribution in [3.63, 3.8) is 0 Å². The maximum Gasteiger partial charge on any atom is 0.123 e. The number of benzene rings is 1. The van der Waals surface area contributed by atoms with Crippen molar-refractivity contribution in [1.82, 2.24) is 9.80 Å². The summed E-state index contributed by atoms with van der Waals surface area (Å²) < 4.78 is 11.5. The van der Waals surface area contributed by atoms with Crippen LogP contribution in [0.5, 0.6) is 5.75 Å². The van der Waals surface area contributed by atoms with Gasteiger partial charge in [0, 0.05) is 50.2 Å². The molecule has 2 fully saturated rings. The van der Waals surface area contributed by atoms with E-state index in [0.29, 0.717) is 6.61 Å². The zero-order valence-electron chi connectivity index (χ0n) is 16.5. The first-order valence-electron chi connectivity index (χ1n) is 9.83. The van der Waals surface area contributed by atoms with Crippen LogP contribution in [0.3, 0.4) is 0 Å². The van der Waals surface area contributed by atoms with Gasteiger partial charge in [0.05, 0.1) is 18.8 Å². The van der Waals surface area contributed by atoms with E-state index in [0.717, 1.165) is 64.7 Å². The first-order chi connectivity index (χ1) is 12.4. The maximum absolute atomic E-state index is 10.6. The lowest BCUT2D eigenvalue weighted by atomic mass is 9.71. The van der Waals surface area contributed by atoms with Gasteiger partial charge in [0.2, 0.25) is 0 Å². The average molecular weight is 363 g/mol. The van der Waals surface area contributed by atoms with E-state index >= 15 is 0 Å². The summed E-state index contributed by atoms with van der Waals surface area (Å²) in [5, 5.41) is 10.6. The predicted octanol–water partition coefficient (Wildman–Crippen LogP) is 2.38. The molecule has 2 aliphatic rings. The predicted molar refractivity (Wildman–Crippen MR) is 103 cm³/mol. The van der Waals surface area contributed by atoms with E-state index in [1.54, 1.807) is 0 Å². The molecule has 0 amide bonds. The summed E-state index contributed by atoms with van der Waals surface area (Å²) >= 11 is 0. The van der Waals surface area contributed by atoms with Crippen LogP contribution in [0.2, 0.25) is 0 Å². The van der Waals surface area contributed by atoms with Crippen LogP contribution in [0, 0.1) is 5.41 Å². The van der Waals surface area contributed by atoms with Crippen molar-refractivity contribution >= 4 is 0 Å². The summed E-state index contributed by atoms with van der Waals surface area (Å²) in [6.07, 6.45) is 0.806. The highest BCUT2D eigenvalue weighted by atomic mass is 16.5. The molecule has 2 saturated heterocycles. The number of ether oxygens (including phenoxy) is 2. The minimum atomic E-state index is -0.600. The average Bonchev–Trinajstić information content (AvgIpc) is 2.61. The third kappa shape index (κ3) is 4.77. The van der Waals surface area contributed by atoms with Crippen LogP contribution in [-0.2, 0) is 11.3 Å². The first-order valence-corrected chi connectivity index (χ1v) is 9.83. The number of aliphatic hydroxyl groups is 1. The number of rotatable bonds is 6. The van der Waals surface area contributed by atoms with Crippen LogP contribution < -0.4 is 4.74 Å². The lowest BCUT2D eigenvalue weighted by Gasteiger charge is -2.48. The Morgan fingerprint density at radius 3 is 2.54 bits per heavy atom. The maximum atomic E-state index is 10.6. The zero-order valence-corrected chi connectivity index (χ0v) is 16.5. The molecule has 0 bridgehead atoms. The Balaban J connectivity index is 1.55. The molecule has 1 aromatic rings. The Labute approximate surface area is 157 Å². The minimum Gasteiger partial charge on any atom is -0.492 e. The summed E-state index contributed by atoms with van der Waals surface area (Å²) in [5.41, 5.74) is 0.515. The summed E-state index contributed by atoms with van der Waals surface area (Å²) in [6, 6.07) is 8.34. The number of hydrogen-bond acceptors (Lipinski definition) is 5. The van der Waals surface area contributed by atoms with Gasteiger partial charge in [-0.1, -0.05) is 32.0 Å². The van der Waals surface area contributed by atoms with E-state index in [2.05, 4.69) is 41.8 Å². The summed E-state index contributed by atoms with van der Waals surface area (Å²) in [7, 11) is 0. The molecule has 0 aliphatic carbocycles. The fourth-order valence-electron chi connectivity index (χ4n) is 3.78. The van der Waals surface area contributed by atoms with Crippen molar-refractivity contribution in [2.45, 2.75) is 39.3 Å². The Morgan fingerprint density at radius 2 is 1.81 bits per heavy atom. The van der Waals surface area contributed by atoms with Crippen molar-refractivity contribution in [1.29, 1.82) is 0 Å². The van der Waals surface area contributed by atoms with Crippen molar-refractivity contribution in [3.05, 3.63) is 29.8 Å². The van der Waals surface area contributed by atoms with Gasteiger partial charge >= 0.3 is 0 Å². The first kappa shape index (κ1) is 19.6. The zero-order chi connectivity index (χ0) is 18.6. The fourth-order valence-corrected chi connectivity index (χ4v) is 3.78. The number of morpholine rings is 1. The molecular weight excluding hydrogens is 328 g/mol. The Bertz CT molecular complexity index is 582. The van der Waals surface area contributed by atoms with Crippen LogP contribution >= 0.6 is 0 Å². The molecule has 2 heterocycles. The molecule has 1 N–H and O–H groups in total. The molecule has 1 aromatic carbocycles. The molecule has 5 nitrogen and oxygen atoms in total. The van der Waals surface area contributed by atoms with Gasteiger partial charge in [-0.05, 0) is 19.4 Å². The van der Waals surface area contributed by atoms with Crippen molar-refractivity contribution in [3.8, 4) is 5.75 Å². The summed E-state index contributed by atoms with van der Waals surface area (Å²) in [6.45, 7) is 14.2. The smallest absolute Gasteiger partial charge is 0.123 e. The lowest BCUT2D eigenvalue weighted by molar-refractivity contribution is -0.107. The lowest BCUT2D eigenvalue weighted by Crippen LogP contribution is -2.55. The molecule has 3 rings (SSSR count).